The maximum absolute atomic E-state index is 13.8. The van der Waals surface area contributed by atoms with E-state index in [0.29, 0.717) is 6.42 Å². The van der Waals surface area contributed by atoms with Gasteiger partial charge in [-0.25, -0.2) is 0 Å². The lowest BCUT2D eigenvalue weighted by molar-refractivity contribution is -0.161. The van der Waals surface area contributed by atoms with Crippen molar-refractivity contribution in [2.75, 3.05) is 13.7 Å². The summed E-state index contributed by atoms with van der Waals surface area (Å²) in [5.41, 5.74) is 1.20. The Kier molecular flexibility index (Phi) is 6.79. The average molecular weight is 454 g/mol. The number of carbonyl (C=O) groups excluding carboxylic acids is 2. The number of rotatable bonds is 7. The Morgan fingerprint density at radius 1 is 1.09 bits per heavy atom. The second-order valence-electron chi connectivity index (χ2n) is 8.48. The SMILES string of the molecule is CCOC(=O)[C@]1(CCC#N)C(=O)C=C(c2ccc(OC)cc2)C[C@H]1c1ccc2ccccc2c1. The van der Waals surface area contributed by atoms with Gasteiger partial charge in [-0.3, -0.25) is 9.59 Å². The number of nitriles is 1. The van der Waals surface area contributed by atoms with Crippen molar-refractivity contribution in [3.05, 3.63) is 83.9 Å². The van der Waals surface area contributed by atoms with Crippen molar-refractivity contribution >= 4 is 28.1 Å². The first-order valence-electron chi connectivity index (χ1n) is 11.5. The molecule has 172 valence electrons. The van der Waals surface area contributed by atoms with Crippen LogP contribution in [0.4, 0.5) is 0 Å². The number of nitrogens with zero attached hydrogens (tertiary/aromatic N) is 1. The van der Waals surface area contributed by atoms with E-state index in [1.54, 1.807) is 20.1 Å². The minimum atomic E-state index is -1.44. The van der Waals surface area contributed by atoms with Crippen molar-refractivity contribution in [2.45, 2.75) is 32.1 Å². The number of carbonyl (C=O) groups is 2. The van der Waals surface area contributed by atoms with Gasteiger partial charge in [0.05, 0.1) is 19.8 Å². The molecule has 1 aliphatic rings. The predicted octanol–water partition coefficient (Wildman–Crippen LogP) is 5.84. The highest BCUT2D eigenvalue weighted by Crippen LogP contribution is 2.51. The molecule has 0 saturated carbocycles. The topological polar surface area (TPSA) is 76.4 Å². The second kappa shape index (κ2) is 9.93. The summed E-state index contributed by atoms with van der Waals surface area (Å²) in [6.45, 7) is 1.90. The van der Waals surface area contributed by atoms with E-state index in [-0.39, 0.29) is 25.2 Å². The lowest BCUT2D eigenvalue weighted by atomic mass is 9.60. The standard InChI is InChI=1S/C29H27NO4/c1-3-34-28(32)29(15-6-16-30)26(23-10-9-20-7-4-5-8-22(20)17-23)18-24(19-27(29)31)21-11-13-25(33-2)14-12-21/h4-5,7-14,17,19,26H,3,6,15,18H2,1-2H3/t26-,29-/m0/s1. The van der Waals surface area contributed by atoms with Crippen LogP contribution in [0.25, 0.3) is 16.3 Å². The Morgan fingerprint density at radius 3 is 2.50 bits per heavy atom. The number of fused-ring (bicyclic) bond motifs is 1. The third-order valence-electron chi connectivity index (χ3n) is 6.67. The van der Waals surface area contributed by atoms with Gasteiger partial charge >= 0.3 is 5.97 Å². The molecule has 0 spiro atoms. The van der Waals surface area contributed by atoms with Gasteiger partial charge in [-0.15, -0.1) is 0 Å². The van der Waals surface area contributed by atoms with E-state index in [2.05, 4.69) is 6.07 Å². The summed E-state index contributed by atoms with van der Waals surface area (Å²) in [7, 11) is 1.61. The van der Waals surface area contributed by atoms with E-state index >= 15 is 0 Å². The van der Waals surface area contributed by atoms with Crippen LogP contribution in [0.5, 0.6) is 5.75 Å². The number of benzene rings is 3. The fourth-order valence-electron chi connectivity index (χ4n) is 4.90. The van der Waals surface area contributed by atoms with Crippen molar-refractivity contribution in [3.8, 4) is 11.8 Å². The van der Waals surface area contributed by atoms with Crippen molar-refractivity contribution in [2.24, 2.45) is 5.41 Å². The van der Waals surface area contributed by atoms with Crippen molar-refractivity contribution < 1.29 is 19.1 Å². The van der Waals surface area contributed by atoms with Crippen LogP contribution < -0.4 is 4.74 Å². The lowest BCUT2D eigenvalue weighted by Crippen LogP contribution is -2.47. The molecule has 0 aromatic heterocycles. The summed E-state index contributed by atoms with van der Waals surface area (Å²) in [6.07, 6.45) is 2.24. The largest absolute Gasteiger partial charge is 0.497 e. The highest BCUT2D eigenvalue weighted by atomic mass is 16.5. The van der Waals surface area contributed by atoms with Crippen LogP contribution >= 0.6 is 0 Å². The van der Waals surface area contributed by atoms with E-state index in [0.717, 1.165) is 33.2 Å². The normalized spacial score (nSPS) is 19.9. The highest BCUT2D eigenvalue weighted by Gasteiger charge is 2.54. The number of allylic oxidation sites excluding steroid dienone is 2. The van der Waals surface area contributed by atoms with Gasteiger partial charge in [0.15, 0.2) is 5.78 Å². The number of methoxy groups -OCH3 is 1. The molecule has 1 aliphatic carbocycles. The first-order chi connectivity index (χ1) is 16.5. The fraction of sp³-hybridized carbons (Fsp3) is 0.276. The quantitative estimate of drug-likeness (QED) is 0.332. The minimum absolute atomic E-state index is 0.0837. The van der Waals surface area contributed by atoms with E-state index < -0.39 is 17.3 Å². The molecule has 0 heterocycles. The maximum atomic E-state index is 13.8. The molecule has 4 rings (SSSR count). The van der Waals surface area contributed by atoms with Gasteiger partial charge in [-0.2, -0.15) is 5.26 Å². The number of esters is 1. The molecule has 5 nitrogen and oxygen atoms in total. The second-order valence-corrected chi connectivity index (χ2v) is 8.48. The monoisotopic (exact) mass is 453 g/mol. The van der Waals surface area contributed by atoms with Crippen LogP contribution in [0.2, 0.25) is 0 Å². The fourth-order valence-corrected chi connectivity index (χ4v) is 4.90. The molecule has 34 heavy (non-hydrogen) atoms. The Balaban J connectivity index is 1.88. The molecule has 0 unspecified atom stereocenters. The van der Waals surface area contributed by atoms with Crippen LogP contribution in [0, 0.1) is 16.7 Å². The number of hydrogen-bond donors (Lipinski definition) is 0. The van der Waals surface area contributed by atoms with Crippen LogP contribution in [0.15, 0.2) is 72.8 Å². The van der Waals surface area contributed by atoms with Crippen LogP contribution in [-0.4, -0.2) is 25.5 Å². The molecule has 3 aromatic rings. The molecule has 0 N–H and O–H groups in total. The van der Waals surface area contributed by atoms with Gasteiger partial charge < -0.3 is 9.47 Å². The Bertz CT molecular complexity index is 1290. The van der Waals surface area contributed by atoms with Crippen LogP contribution in [-0.2, 0) is 14.3 Å². The summed E-state index contributed by atoms with van der Waals surface area (Å²) in [5, 5.41) is 11.5. The predicted molar refractivity (Wildman–Crippen MR) is 131 cm³/mol. The molecule has 0 saturated heterocycles. The summed E-state index contributed by atoms with van der Waals surface area (Å²) in [5.74, 6) is -0.596. The zero-order valence-corrected chi connectivity index (χ0v) is 19.4. The molecule has 0 aliphatic heterocycles. The van der Waals surface area contributed by atoms with E-state index in [9.17, 15) is 14.9 Å². The van der Waals surface area contributed by atoms with Crippen LogP contribution in [0.1, 0.15) is 43.2 Å². The maximum Gasteiger partial charge on any atom is 0.320 e. The highest BCUT2D eigenvalue weighted by molar-refractivity contribution is 6.14. The van der Waals surface area contributed by atoms with Crippen molar-refractivity contribution in [1.29, 1.82) is 5.26 Å². The minimum Gasteiger partial charge on any atom is -0.497 e. The average Bonchev–Trinajstić information content (AvgIpc) is 2.87. The molecular weight excluding hydrogens is 426 g/mol. The lowest BCUT2D eigenvalue weighted by Gasteiger charge is -2.40. The molecule has 3 aromatic carbocycles. The van der Waals surface area contributed by atoms with Gasteiger partial charge in [-0.05, 0) is 65.4 Å². The van der Waals surface area contributed by atoms with Gasteiger partial charge in [0, 0.05) is 12.3 Å². The summed E-state index contributed by atoms with van der Waals surface area (Å²) >= 11 is 0. The van der Waals surface area contributed by atoms with Crippen LogP contribution in [0.3, 0.4) is 0 Å². The molecule has 0 amide bonds. The van der Waals surface area contributed by atoms with Gasteiger partial charge in [0.25, 0.3) is 0 Å². The zero-order chi connectivity index (χ0) is 24.1. The molecule has 0 bridgehead atoms. The smallest absolute Gasteiger partial charge is 0.320 e. The zero-order valence-electron chi connectivity index (χ0n) is 19.4. The van der Waals surface area contributed by atoms with E-state index in [1.165, 1.54) is 0 Å². The Morgan fingerprint density at radius 2 is 1.82 bits per heavy atom. The molecular formula is C29H27NO4. The molecule has 5 heteroatoms. The Labute approximate surface area is 199 Å². The number of ketones is 1. The molecule has 2 atom stereocenters. The third kappa shape index (κ3) is 4.20. The Hall–Kier alpha value is -3.91. The van der Waals surface area contributed by atoms with Crippen molar-refractivity contribution in [3.63, 3.8) is 0 Å². The number of hydrogen-bond acceptors (Lipinski definition) is 5. The van der Waals surface area contributed by atoms with Gasteiger partial charge in [0.1, 0.15) is 11.2 Å². The number of ether oxygens (including phenoxy) is 2. The summed E-state index contributed by atoms with van der Waals surface area (Å²) < 4.78 is 10.7. The third-order valence-corrected chi connectivity index (χ3v) is 6.67. The summed E-state index contributed by atoms with van der Waals surface area (Å²) in [6, 6.07) is 23.7. The van der Waals surface area contributed by atoms with Crippen molar-refractivity contribution in [1.82, 2.24) is 0 Å². The first kappa shape index (κ1) is 23.3. The van der Waals surface area contributed by atoms with E-state index in [1.807, 2.05) is 66.7 Å². The summed E-state index contributed by atoms with van der Waals surface area (Å²) in [4.78, 5) is 27.2. The molecule has 0 fully saturated rings. The van der Waals surface area contributed by atoms with Gasteiger partial charge in [-0.1, -0.05) is 54.6 Å². The van der Waals surface area contributed by atoms with E-state index in [4.69, 9.17) is 9.47 Å². The molecule has 0 radical (unpaired) electrons. The first-order valence-corrected chi connectivity index (χ1v) is 11.5. The van der Waals surface area contributed by atoms with Gasteiger partial charge in [0.2, 0.25) is 0 Å².